The highest BCUT2D eigenvalue weighted by Gasteiger charge is 2.79. The third-order valence-corrected chi connectivity index (χ3v) is 7.87. The van der Waals surface area contributed by atoms with Crippen LogP contribution in [-0.2, 0) is 14.6 Å². The van der Waals surface area contributed by atoms with Crippen molar-refractivity contribution in [2.24, 2.45) is 0 Å². The number of rotatable bonds is 11. The third kappa shape index (κ3) is 6.73. The lowest BCUT2D eigenvalue weighted by Crippen LogP contribution is -2.55. The summed E-state index contributed by atoms with van der Waals surface area (Å²) in [6, 6.07) is 2.78. The largest absolute Gasteiger partial charge is 0.477 e. The topological polar surface area (TPSA) is 116 Å². The minimum absolute atomic E-state index is 0.101. The van der Waals surface area contributed by atoms with E-state index >= 15 is 0 Å². The number of nitro groups is 1. The van der Waals surface area contributed by atoms with Gasteiger partial charge in [-0.1, -0.05) is 12.1 Å². The summed E-state index contributed by atoms with van der Waals surface area (Å²) in [7, 11) is -6.99. The van der Waals surface area contributed by atoms with Crippen molar-refractivity contribution in [1.82, 2.24) is 0 Å². The van der Waals surface area contributed by atoms with Gasteiger partial charge < -0.3 is 10.1 Å². The molecular formula is C20H10F14N2O6S2. The van der Waals surface area contributed by atoms with Gasteiger partial charge in [0.25, 0.3) is 15.7 Å². The Kier molecular flexibility index (Phi) is 9.77. The number of thioether (sulfide) groups is 1. The molecular weight excluding hydrogens is 694 g/mol. The maximum atomic E-state index is 13.9. The number of nitrogens with one attached hydrogen (secondary N) is 1. The molecule has 0 aromatic heterocycles. The molecule has 0 heterocycles. The first-order chi connectivity index (χ1) is 19.6. The van der Waals surface area contributed by atoms with Gasteiger partial charge in [0, 0.05) is 11.0 Å². The minimum Gasteiger partial charge on any atom is -0.477 e. The lowest BCUT2D eigenvalue weighted by atomic mass is 10.3. The molecule has 0 fully saturated rings. The third-order valence-electron chi connectivity index (χ3n) is 4.98. The smallest absolute Gasteiger partial charge is 0.461 e. The van der Waals surface area contributed by atoms with E-state index in [1.165, 1.54) is 0 Å². The van der Waals surface area contributed by atoms with Crippen LogP contribution in [0.1, 0.15) is 0 Å². The van der Waals surface area contributed by atoms with Crippen molar-refractivity contribution >= 4 is 38.9 Å². The number of carbonyl (C=O) groups excluding carboxylic acids is 1. The van der Waals surface area contributed by atoms with Crippen molar-refractivity contribution in [1.29, 1.82) is 0 Å². The number of para-hydroxylation sites is 1. The first-order valence-corrected chi connectivity index (χ1v) is 12.8. The van der Waals surface area contributed by atoms with Gasteiger partial charge in [0.15, 0.2) is 12.4 Å². The maximum Gasteiger partial charge on any atom is 0.461 e. The monoisotopic (exact) mass is 704 g/mol. The first-order valence-electron chi connectivity index (χ1n) is 10.5. The van der Waals surface area contributed by atoms with Gasteiger partial charge in [0.2, 0.25) is 0 Å². The van der Waals surface area contributed by atoms with Crippen LogP contribution in [0.4, 0.5) is 72.8 Å². The Morgan fingerprint density at radius 2 is 1.36 bits per heavy atom. The van der Waals surface area contributed by atoms with Gasteiger partial charge in [-0.25, -0.2) is 8.42 Å². The van der Waals surface area contributed by atoms with Gasteiger partial charge in [-0.2, -0.15) is 61.5 Å². The van der Waals surface area contributed by atoms with Crippen molar-refractivity contribution < 1.29 is 84.3 Å². The van der Waals surface area contributed by atoms with Gasteiger partial charge in [-0.05, 0) is 36.0 Å². The number of carbonyl (C=O) groups is 1. The molecule has 0 aliphatic rings. The molecule has 0 spiro atoms. The predicted molar refractivity (Wildman–Crippen MR) is 119 cm³/mol. The van der Waals surface area contributed by atoms with Gasteiger partial charge in [-0.15, -0.1) is 0 Å². The number of nitrogens with zero attached hydrogens (tertiary/aromatic N) is 1. The number of amides is 1. The second-order valence-corrected chi connectivity index (χ2v) is 11.2. The van der Waals surface area contributed by atoms with E-state index in [2.05, 4.69) is 4.74 Å². The fourth-order valence-corrected chi connectivity index (χ4v) is 4.93. The quantitative estimate of drug-likeness (QED) is 0.115. The van der Waals surface area contributed by atoms with Crippen molar-refractivity contribution in [3.63, 3.8) is 0 Å². The molecule has 44 heavy (non-hydrogen) atoms. The molecule has 2 aromatic rings. The van der Waals surface area contributed by atoms with Gasteiger partial charge in [-0.3, -0.25) is 14.9 Å². The van der Waals surface area contributed by atoms with E-state index in [1.807, 2.05) is 0 Å². The highest BCUT2D eigenvalue weighted by Crippen LogP contribution is 2.55. The van der Waals surface area contributed by atoms with Crippen molar-refractivity contribution in [3.05, 3.63) is 52.6 Å². The number of halogens is 14. The van der Waals surface area contributed by atoms with Gasteiger partial charge in [0.1, 0.15) is 0 Å². The Bertz CT molecular complexity index is 1530. The fourth-order valence-electron chi connectivity index (χ4n) is 2.77. The van der Waals surface area contributed by atoms with Crippen LogP contribution >= 0.6 is 11.8 Å². The Balaban J connectivity index is 2.32. The number of nitro benzene ring substituents is 1. The molecule has 0 aliphatic heterocycles. The van der Waals surface area contributed by atoms with Crippen LogP contribution < -0.4 is 10.1 Å². The zero-order valence-electron chi connectivity index (χ0n) is 20.3. The molecule has 2 aromatic carbocycles. The van der Waals surface area contributed by atoms with Gasteiger partial charge in [0.05, 0.1) is 15.5 Å². The lowest BCUT2D eigenvalue weighted by Gasteiger charge is -2.28. The average molecular weight is 704 g/mol. The van der Waals surface area contributed by atoms with E-state index in [4.69, 9.17) is 0 Å². The molecule has 0 aliphatic carbocycles. The van der Waals surface area contributed by atoms with Crippen LogP contribution in [0.15, 0.2) is 52.3 Å². The molecule has 0 saturated carbocycles. The number of hydrogen-bond acceptors (Lipinski definition) is 7. The SMILES string of the molecule is O=C(COc1ccc(S(=O)(=O)C(F)(F)C(F)(F)C(F)(F)F)cc1[N+](=O)[O-])Nc1ccccc1SC(F)(F)C(F)(F)C(F)(F)F. The Morgan fingerprint density at radius 1 is 0.841 bits per heavy atom. The van der Waals surface area contributed by atoms with E-state index in [-0.39, 0.29) is 12.1 Å². The summed E-state index contributed by atoms with van der Waals surface area (Å²) in [6.07, 6.45) is -13.8. The van der Waals surface area contributed by atoms with E-state index in [0.29, 0.717) is 6.07 Å². The highest BCUT2D eigenvalue weighted by molar-refractivity contribution is 8.00. The Morgan fingerprint density at radius 3 is 1.86 bits per heavy atom. The zero-order chi connectivity index (χ0) is 34.3. The molecule has 24 heteroatoms. The number of benzene rings is 2. The Labute approximate surface area is 238 Å². The summed E-state index contributed by atoms with van der Waals surface area (Å²) in [5, 5.41) is 0.313. The number of alkyl halides is 14. The second-order valence-electron chi connectivity index (χ2n) is 8.00. The van der Waals surface area contributed by atoms with Crippen LogP contribution in [-0.4, -0.2) is 60.6 Å². The summed E-state index contributed by atoms with van der Waals surface area (Å²) >= 11 is -1.31. The highest BCUT2D eigenvalue weighted by atomic mass is 32.2. The number of ether oxygens (including phenoxy) is 1. The van der Waals surface area contributed by atoms with Crippen LogP contribution in [0.25, 0.3) is 0 Å². The molecule has 0 saturated heterocycles. The molecule has 246 valence electrons. The summed E-state index contributed by atoms with van der Waals surface area (Å²) in [6.45, 7) is -1.43. The molecule has 8 nitrogen and oxygen atoms in total. The fraction of sp³-hybridized carbons (Fsp3) is 0.350. The lowest BCUT2D eigenvalue weighted by molar-refractivity contribution is -0.386. The van der Waals surface area contributed by atoms with Crippen LogP contribution in [0.5, 0.6) is 5.75 Å². The van der Waals surface area contributed by atoms with Crippen molar-refractivity contribution in [2.45, 2.75) is 44.5 Å². The predicted octanol–water partition coefficient (Wildman–Crippen LogP) is 7.06. The number of anilines is 1. The summed E-state index contributed by atoms with van der Waals surface area (Å²) in [4.78, 5) is 18.7. The van der Waals surface area contributed by atoms with Crippen LogP contribution in [0.3, 0.4) is 0 Å². The Hall–Kier alpha value is -3.57. The molecule has 1 amide bonds. The molecule has 0 atom stereocenters. The maximum absolute atomic E-state index is 13.9. The van der Waals surface area contributed by atoms with Crippen LogP contribution in [0, 0.1) is 10.1 Å². The van der Waals surface area contributed by atoms with Crippen molar-refractivity contribution in [2.75, 3.05) is 11.9 Å². The van der Waals surface area contributed by atoms with E-state index in [0.717, 1.165) is 18.2 Å². The first kappa shape index (κ1) is 36.6. The summed E-state index contributed by atoms with van der Waals surface area (Å²) in [5.74, 6) is -16.4. The van der Waals surface area contributed by atoms with E-state index < -0.39 is 107 Å². The van der Waals surface area contributed by atoms with E-state index in [1.54, 1.807) is 5.32 Å². The molecule has 2 rings (SSSR count). The van der Waals surface area contributed by atoms with Crippen molar-refractivity contribution in [3.8, 4) is 5.75 Å². The summed E-state index contributed by atoms with van der Waals surface area (Å²) < 4.78 is 211. The summed E-state index contributed by atoms with van der Waals surface area (Å²) in [5.41, 5.74) is -2.48. The number of sulfone groups is 1. The zero-order valence-corrected chi connectivity index (χ0v) is 21.9. The van der Waals surface area contributed by atoms with Gasteiger partial charge >= 0.3 is 40.4 Å². The number of hydrogen-bond donors (Lipinski definition) is 1. The molecule has 0 unspecified atom stereocenters. The molecule has 0 radical (unpaired) electrons. The normalized spacial score (nSPS) is 13.9. The van der Waals surface area contributed by atoms with Crippen LogP contribution in [0.2, 0.25) is 0 Å². The molecule has 1 N–H and O–H groups in total. The second kappa shape index (κ2) is 11.7. The minimum atomic E-state index is -7.16. The standard InChI is InChI=1S/C20H10F14N2O6S2/c21-15(22,17(25,26)27)19(31,32)43-13-4-2-1-3-10(13)35-14(37)8-42-12-6-5-9(7-11(12)36(38)39)44(40,41)20(33,34)16(23,24)18(28,29)30/h1-7H,8H2,(H,35,37). The molecule has 0 bridgehead atoms. The average Bonchev–Trinajstić information content (AvgIpc) is 2.86. The van der Waals surface area contributed by atoms with E-state index in [9.17, 15) is 84.8 Å².